The molecule has 0 spiro atoms. The summed E-state index contributed by atoms with van der Waals surface area (Å²) in [4.78, 5) is 5.10. The maximum absolute atomic E-state index is 5.10. The Labute approximate surface area is 182 Å². The Morgan fingerprint density at radius 2 is 1.45 bits per heavy atom. The van der Waals surface area contributed by atoms with E-state index in [1.165, 1.54) is 11.1 Å². The molecule has 0 saturated carbocycles. The fourth-order valence-corrected chi connectivity index (χ4v) is 3.91. The van der Waals surface area contributed by atoms with Gasteiger partial charge in [-0.2, -0.15) is 5.10 Å². The maximum atomic E-state index is 5.10. The van der Waals surface area contributed by atoms with E-state index in [2.05, 4.69) is 97.0 Å². The first-order valence-electron chi connectivity index (χ1n) is 10.5. The molecule has 31 heavy (non-hydrogen) atoms. The second kappa shape index (κ2) is 8.41. The molecule has 5 rings (SSSR count). The summed E-state index contributed by atoms with van der Waals surface area (Å²) in [5.41, 5.74) is 8.93. The second-order valence-electron chi connectivity index (χ2n) is 7.66. The van der Waals surface area contributed by atoms with Crippen molar-refractivity contribution in [3.05, 3.63) is 126 Å². The summed E-state index contributed by atoms with van der Waals surface area (Å²) in [7, 11) is 0. The third-order valence-electron chi connectivity index (χ3n) is 5.46. The molecule has 0 N–H and O–H groups in total. The fourth-order valence-electron chi connectivity index (χ4n) is 3.91. The molecule has 0 bridgehead atoms. The first-order chi connectivity index (χ1) is 15.3. The van der Waals surface area contributed by atoms with Crippen LogP contribution in [0.25, 0.3) is 28.1 Å². The predicted molar refractivity (Wildman–Crippen MR) is 126 cm³/mol. The van der Waals surface area contributed by atoms with Crippen LogP contribution in [0.2, 0.25) is 0 Å². The molecule has 2 heterocycles. The van der Waals surface area contributed by atoms with Gasteiger partial charge in [-0.05, 0) is 42.3 Å². The SMILES string of the molecule is Cc1ccnn1-c1cccc(Cc2ccc(-c3ccccc3)c(-c3ccccc3)n2)c1. The second-order valence-corrected chi connectivity index (χ2v) is 7.66. The quantitative estimate of drug-likeness (QED) is 0.336. The zero-order valence-electron chi connectivity index (χ0n) is 17.4. The smallest absolute Gasteiger partial charge is 0.0783 e. The summed E-state index contributed by atoms with van der Waals surface area (Å²) in [6.45, 7) is 2.07. The van der Waals surface area contributed by atoms with Crippen LogP contribution in [0.5, 0.6) is 0 Å². The Bertz CT molecular complexity index is 1300. The zero-order valence-corrected chi connectivity index (χ0v) is 17.4. The van der Waals surface area contributed by atoms with Gasteiger partial charge in [-0.1, -0.05) is 78.9 Å². The number of benzene rings is 3. The van der Waals surface area contributed by atoms with Crippen molar-refractivity contribution >= 4 is 0 Å². The highest BCUT2D eigenvalue weighted by Crippen LogP contribution is 2.31. The van der Waals surface area contributed by atoms with Crippen LogP contribution in [-0.4, -0.2) is 14.8 Å². The monoisotopic (exact) mass is 401 g/mol. The third-order valence-corrected chi connectivity index (χ3v) is 5.46. The molecule has 0 aliphatic heterocycles. The molecular formula is C28H23N3. The summed E-state index contributed by atoms with van der Waals surface area (Å²) in [5, 5.41) is 4.43. The lowest BCUT2D eigenvalue weighted by molar-refractivity contribution is 0.844. The van der Waals surface area contributed by atoms with E-state index in [9.17, 15) is 0 Å². The molecule has 0 atom stereocenters. The van der Waals surface area contributed by atoms with Gasteiger partial charge in [0.15, 0.2) is 0 Å². The Morgan fingerprint density at radius 3 is 2.16 bits per heavy atom. The van der Waals surface area contributed by atoms with Crippen molar-refractivity contribution in [1.82, 2.24) is 14.8 Å². The number of rotatable bonds is 5. The molecule has 0 aliphatic carbocycles. The summed E-state index contributed by atoms with van der Waals surface area (Å²) in [5.74, 6) is 0. The van der Waals surface area contributed by atoms with Crippen LogP contribution in [0.4, 0.5) is 0 Å². The molecule has 0 amide bonds. The summed E-state index contributed by atoms with van der Waals surface area (Å²) < 4.78 is 1.96. The van der Waals surface area contributed by atoms with Gasteiger partial charge in [0.2, 0.25) is 0 Å². The van der Waals surface area contributed by atoms with Crippen LogP contribution in [-0.2, 0) is 6.42 Å². The van der Waals surface area contributed by atoms with E-state index in [1.54, 1.807) is 0 Å². The average molecular weight is 402 g/mol. The van der Waals surface area contributed by atoms with Crippen LogP contribution in [0, 0.1) is 6.92 Å². The number of hydrogen-bond acceptors (Lipinski definition) is 2. The van der Waals surface area contributed by atoms with E-state index in [0.29, 0.717) is 0 Å². The number of hydrogen-bond donors (Lipinski definition) is 0. The van der Waals surface area contributed by atoms with Crippen molar-refractivity contribution in [2.45, 2.75) is 13.3 Å². The third kappa shape index (κ3) is 4.03. The maximum Gasteiger partial charge on any atom is 0.0783 e. The van der Waals surface area contributed by atoms with Crippen molar-refractivity contribution in [3.8, 4) is 28.1 Å². The molecule has 3 aromatic carbocycles. The van der Waals surface area contributed by atoms with Crippen molar-refractivity contribution in [2.75, 3.05) is 0 Å². The molecule has 2 aromatic heterocycles. The van der Waals surface area contributed by atoms with Crippen LogP contribution >= 0.6 is 0 Å². The summed E-state index contributed by atoms with van der Waals surface area (Å²) in [6.07, 6.45) is 2.60. The first kappa shape index (κ1) is 19.0. The zero-order chi connectivity index (χ0) is 21.0. The van der Waals surface area contributed by atoms with Gasteiger partial charge in [-0.15, -0.1) is 0 Å². The van der Waals surface area contributed by atoms with Gasteiger partial charge in [0.05, 0.1) is 11.4 Å². The lowest BCUT2D eigenvalue weighted by Gasteiger charge is -2.12. The van der Waals surface area contributed by atoms with Gasteiger partial charge in [0.1, 0.15) is 0 Å². The van der Waals surface area contributed by atoms with Crippen molar-refractivity contribution < 1.29 is 0 Å². The minimum Gasteiger partial charge on any atom is -0.252 e. The van der Waals surface area contributed by atoms with Crippen LogP contribution in [0.15, 0.2) is 109 Å². The predicted octanol–water partition coefficient (Wildman–Crippen LogP) is 6.50. The Balaban J connectivity index is 1.53. The Hall–Kier alpha value is -3.98. The molecule has 3 heteroatoms. The largest absolute Gasteiger partial charge is 0.252 e. The van der Waals surface area contributed by atoms with Crippen molar-refractivity contribution in [1.29, 1.82) is 0 Å². The molecule has 150 valence electrons. The van der Waals surface area contributed by atoms with Gasteiger partial charge in [-0.3, -0.25) is 4.98 Å². The standard InChI is InChI=1S/C28H23N3/c1-21-17-18-29-31(21)26-14-8-9-22(20-26)19-25-15-16-27(23-10-4-2-5-11-23)28(30-25)24-12-6-3-7-13-24/h2-18,20H,19H2,1H3. The minimum atomic E-state index is 0.767. The first-order valence-corrected chi connectivity index (χ1v) is 10.5. The van der Waals surface area contributed by atoms with Gasteiger partial charge < -0.3 is 0 Å². The molecule has 5 aromatic rings. The molecule has 0 unspecified atom stereocenters. The number of aryl methyl sites for hydroxylation is 1. The van der Waals surface area contributed by atoms with Crippen LogP contribution in [0.1, 0.15) is 17.0 Å². The summed E-state index contributed by atoms with van der Waals surface area (Å²) in [6, 6.07) is 35.7. The number of nitrogens with zero attached hydrogens (tertiary/aromatic N) is 3. The summed E-state index contributed by atoms with van der Waals surface area (Å²) >= 11 is 0. The minimum absolute atomic E-state index is 0.767. The molecule has 0 saturated heterocycles. The number of aromatic nitrogens is 3. The van der Waals surface area contributed by atoms with Crippen LogP contribution in [0.3, 0.4) is 0 Å². The van der Waals surface area contributed by atoms with Gasteiger partial charge in [0.25, 0.3) is 0 Å². The number of pyridine rings is 1. The highest BCUT2D eigenvalue weighted by Gasteiger charge is 2.11. The lowest BCUT2D eigenvalue weighted by atomic mass is 9.98. The Morgan fingerprint density at radius 1 is 0.710 bits per heavy atom. The van der Waals surface area contributed by atoms with E-state index in [0.717, 1.165) is 40.3 Å². The van der Waals surface area contributed by atoms with E-state index < -0.39 is 0 Å². The molecule has 0 radical (unpaired) electrons. The highest BCUT2D eigenvalue weighted by molar-refractivity contribution is 5.80. The molecule has 0 fully saturated rings. The lowest BCUT2D eigenvalue weighted by Crippen LogP contribution is -2.01. The van der Waals surface area contributed by atoms with Crippen molar-refractivity contribution in [3.63, 3.8) is 0 Å². The van der Waals surface area contributed by atoms with Gasteiger partial charge >= 0.3 is 0 Å². The van der Waals surface area contributed by atoms with Crippen molar-refractivity contribution in [2.24, 2.45) is 0 Å². The van der Waals surface area contributed by atoms with Crippen LogP contribution < -0.4 is 0 Å². The normalized spacial score (nSPS) is 10.9. The average Bonchev–Trinajstić information content (AvgIpc) is 3.26. The molecule has 3 nitrogen and oxygen atoms in total. The Kier molecular flexibility index (Phi) is 5.16. The van der Waals surface area contributed by atoms with Gasteiger partial charge in [-0.25, -0.2) is 4.68 Å². The van der Waals surface area contributed by atoms with E-state index in [-0.39, 0.29) is 0 Å². The van der Waals surface area contributed by atoms with E-state index in [1.807, 2.05) is 29.1 Å². The molecule has 0 aliphatic rings. The topological polar surface area (TPSA) is 30.7 Å². The fraction of sp³-hybridized carbons (Fsp3) is 0.0714. The van der Waals surface area contributed by atoms with E-state index in [4.69, 9.17) is 4.98 Å². The van der Waals surface area contributed by atoms with E-state index >= 15 is 0 Å². The highest BCUT2D eigenvalue weighted by atomic mass is 15.3. The molecular weight excluding hydrogens is 378 g/mol. The van der Waals surface area contributed by atoms with Gasteiger partial charge in [0, 0.05) is 35.1 Å².